The summed E-state index contributed by atoms with van der Waals surface area (Å²) < 4.78 is 6.27. The average molecular weight is 351 g/mol. The number of benzene rings is 1. The molecule has 1 heterocycles. The van der Waals surface area contributed by atoms with Crippen molar-refractivity contribution in [1.29, 1.82) is 0 Å². The highest BCUT2D eigenvalue weighted by Crippen LogP contribution is 2.31. The van der Waals surface area contributed by atoms with Gasteiger partial charge in [-0.25, -0.2) is 4.98 Å². The van der Waals surface area contributed by atoms with E-state index in [1.807, 2.05) is 31.2 Å². The molecule has 1 aromatic carbocycles. The van der Waals surface area contributed by atoms with Crippen LogP contribution in [0.25, 0.3) is 0 Å². The Bertz CT molecular complexity index is 587. The number of nitrogens with zero attached hydrogens (tertiary/aromatic N) is 1. The molecule has 0 spiro atoms. The monoisotopic (exact) mass is 350 g/mol. The fraction of sp³-hybridized carbons (Fsp3) is 0.312. The smallest absolute Gasteiger partial charge is 0.213 e. The number of nitrogens with one attached hydrogen (secondary N) is 1. The third-order valence-corrected chi connectivity index (χ3v) is 3.64. The van der Waals surface area contributed by atoms with Crippen LogP contribution in [0.15, 0.2) is 41.0 Å². The number of phenols is 1. The molecule has 1 aromatic heterocycles. The first-order valence-corrected chi connectivity index (χ1v) is 7.77. The fourth-order valence-electron chi connectivity index (χ4n) is 2.10. The van der Waals surface area contributed by atoms with Crippen molar-refractivity contribution in [2.75, 3.05) is 11.9 Å². The summed E-state index contributed by atoms with van der Waals surface area (Å²) in [6, 6.07) is 9.22. The quantitative estimate of drug-likeness (QED) is 0.804. The highest BCUT2D eigenvalue weighted by Gasteiger charge is 2.14. The normalized spacial score (nSPS) is 12.0. The van der Waals surface area contributed by atoms with E-state index in [1.165, 1.54) is 0 Å². The Hall–Kier alpha value is -1.75. The van der Waals surface area contributed by atoms with E-state index >= 15 is 0 Å². The Morgan fingerprint density at radius 2 is 2.10 bits per heavy atom. The molecule has 21 heavy (non-hydrogen) atoms. The van der Waals surface area contributed by atoms with Gasteiger partial charge in [-0.3, -0.25) is 0 Å². The number of rotatable bonds is 6. The number of hydrogen-bond donors (Lipinski definition) is 2. The number of ether oxygens (including phenoxy) is 1. The number of aromatic hydroxyl groups is 1. The first kappa shape index (κ1) is 15.6. The Morgan fingerprint density at radius 3 is 2.71 bits per heavy atom. The van der Waals surface area contributed by atoms with Crippen LogP contribution >= 0.6 is 15.9 Å². The third kappa shape index (κ3) is 4.11. The van der Waals surface area contributed by atoms with Gasteiger partial charge in [0.25, 0.3) is 0 Å². The van der Waals surface area contributed by atoms with Crippen LogP contribution < -0.4 is 10.1 Å². The Balaban J connectivity index is 2.16. The topological polar surface area (TPSA) is 54.4 Å². The summed E-state index contributed by atoms with van der Waals surface area (Å²) >= 11 is 3.44. The molecule has 0 amide bonds. The van der Waals surface area contributed by atoms with Crippen molar-refractivity contribution >= 4 is 21.6 Å². The number of anilines is 1. The Labute approximate surface area is 133 Å². The molecule has 2 rings (SSSR count). The second-order valence-electron chi connectivity index (χ2n) is 4.63. The van der Waals surface area contributed by atoms with Crippen molar-refractivity contribution in [1.82, 2.24) is 4.98 Å². The van der Waals surface area contributed by atoms with E-state index in [4.69, 9.17) is 4.74 Å². The number of aromatic nitrogens is 1. The standard InChI is InChI=1S/C16H19BrN2O2/c1-3-14(13-9-11(17)5-7-15(13)20)19-12-6-8-16(18-10-12)21-4-2/h5-10,14,19-20H,3-4H2,1-2H3. The summed E-state index contributed by atoms with van der Waals surface area (Å²) in [6.45, 7) is 4.60. The van der Waals surface area contributed by atoms with Crippen LogP contribution in [-0.2, 0) is 0 Å². The van der Waals surface area contributed by atoms with Crippen molar-refractivity contribution in [3.63, 3.8) is 0 Å². The van der Waals surface area contributed by atoms with Crippen LogP contribution in [-0.4, -0.2) is 16.7 Å². The molecule has 1 unspecified atom stereocenters. The summed E-state index contributed by atoms with van der Waals surface area (Å²) in [4.78, 5) is 4.23. The maximum absolute atomic E-state index is 10.0. The first-order valence-electron chi connectivity index (χ1n) is 6.97. The van der Waals surface area contributed by atoms with Gasteiger partial charge < -0.3 is 15.2 Å². The Kier molecular flexibility index (Phi) is 5.44. The van der Waals surface area contributed by atoms with Crippen LogP contribution in [0.3, 0.4) is 0 Å². The average Bonchev–Trinajstić information content (AvgIpc) is 2.49. The zero-order chi connectivity index (χ0) is 15.2. The zero-order valence-corrected chi connectivity index (χ0v) is 13.7. The van der Waals surface area contributed by atoms with Gasteiger partial charge in [0, 0.05) is 16.1 Å². The zero-order valence-electron chi connectivity index (χ0n) is 12.1. The largest absolute Gasteiger partial charge is 0.508 e. The predicted octanol–water partition coefficient (Wildman–Crippen LogP) is 4.51. The van der Waals surface area contributed by atoms with Gasteiger partial charge in [0.1, 0.15) is 5.75 Å². The van der Waals surface area contributed by atoms with Crippen molar-refractivity contribution in [3.8, 4) is 11.6 Å². The van der Waals surface area contributed by atoms with Crippen molar-refractivity contribution in [2.24, 2.45) is 0 Å². The molecule has 0 saturated carbocycles. The first-order chi connectivity index (χ1) is 10.1. The lowest BCUT2D eigenvalue weighted by molar-refractivity contribution is 0.327. The number of phenolic OH excluding ortho intramolecular Hbond substituents is 1. The minimum absolute atomic E-state index is 0.0160. The minimum Gasteiger partial charge on any atom is -0.508 e. The molecule has 5 heteroatoms. The molecule has 2 N–H and O–H groups in total. The lowest BCUT2D eigenvalue weighted by Crippen LogP contribution is -2.10. The van der Waals surface area contributed by atoms with Gasteiger partial charge in [0.2, 0.25) is 5.88 Å². The van der Waals surface area contributed by atoms with Crippen molar-refractivity contribution in [2.45, 2.75) is 26.3 Å². The molecule has 0 saturated heterocycles. The summed E-state index contributed by atoms with van der Waals surface area (Å²) in [5, 5.41) is 13.4. The van der Waals surface area contributed by atoms with Crippen LogP contribution in [0.5, 0.6) is 11.6 Å². The maximum atomic E-state index is 10.0. The molecule has 0 fully saturated rings. The van der Waals surface area contributed by atoms with E-state index in [1.54, 1.807) is 12.3 Å². The molecule has 0 aliphatic rings. The number of halogens is 1. The van der Waals surface area contributed by atoms with Gasteiger partial charge in [-0.2, -0.15) is 0 Å². The lowest BCUT2D eigenvalue weighted by Gasteiger charge is -2.20. The molecule has 112 valence electrons. The van der Waals surface area contributed by atoms with Crippen molar-refractivity contribution in [3.05, 3.63) is 46.6 Å². The second kappa shape index (κ2) is 7.31. The van der Waals surface area contributed by atoms with Gasteiger partial charge in [-0.1, -0.05) is 22.9 Å². The highest BCUT2D eigenvalue weighted by atomic mass is 79.9. The molecule has 0 radical (unpaired) electrons. The summed E-state index contributed by atoms with van der Waals surface area (Å²) in [6.07, 6.45) is 2.58. The fourth-order valence-corrected chi connectivity index (χ4v) is 2.48. The van der Waals surface area contributed by atoms with Gasteiger partial charge in [-0.15, -0.1) is 0 Å². The maximum Gasteiger partial charge on any atom is 0.213 e. The SMILES string of the molecule is CCOc1ccc(NC(CC)c2cc(Br)ccc2O)cn1. The van der Waals surface area contributed by atoms with Gasteiger partial charge >= 0.3 is 0 Å². The van der Waals surface area contributed by atoms with Crippen LogP contribution in [0.1, 0.15) is 31.9 Å². The van der Waals surface area contributed by atoms with E-state index < -0.39 is 0 Å². The van der Waals surface area contributed by atoms with Gasteiger partial charge in [0.05, 0.1) is 24.5 Å². The van der Waals surface area contributed by atoms with E-state index in [2.05, 4.69) is 33.2 Å². The molecule has 0 bridgehead atoms. The molecular weight excluding hydrogens is 332 g/mol. The minimum atomic E-state index is 0.0160. The molecule has 4 nitrogen and oxygen atoms in total. The van der Waals surface area contributed by atoms with Gasteiger partial charge in [0.15, 0.2) is 0 Å². The van der Waals surface area contributed by atoms with E-state index in [-0.39, 0.29) is 11.8 Å². The van der Waals surface area contributed by atoms with Crippen LogP contribution in [0, 0.1) is 0 Å². The summed E-state index contributed by atoms with van der Waals surface area (Å²) in [5.41, 5.74) is 1.76. The molecule has 0 aliphatic heterocycles. The number of pyridine rings is 1. The third-order valence-electron chi connectivity index (χ3n) is 3.14. The van der Waals surface area contributed by atoms with E-state index in [9.17, 15) is 5.11 Å². The van der Waals surface area contributed by atoms with E-state index in [0.29, 0.717) is 12.5 Å². The predicted molar refractivity (Wildman–Crippen MR) is 87.9 cm³/mol. The molecule has 2 aromatic rings. The summed E-state index contributed by atoms with van der Waals surface area (Å²) in [5.74, 6) is 0.901. The second-order valence-corrected chi connectivity index (χ2v) is 5.54. The number of hydrogen-bond acceptors (Lipinski definition) is 4. The molecule has 0 aliphatic carbocycles. The Morgan fingerprint density at radius 1 is 1.29 bits per heavy atom. The highest BCUT2D eigenvalue weighted by molar-refractivity contribution is 9.10. The summed E-state index contributed by atoms with van der Waals surface area (Å²) in [7, 11) is 0. The van der Waals surface area contributed by atoms with Crippen molar-refractivity contribution < 1.29 is 9.84 Å². The molecule has 1 atom stereocenters. The molecular formula is C16H19BrN2O2. The lowest BCUT2D eigenvalue weighted by atomic mass is 10.0. The van der Waals surface area contributed by atoms with Crippen LogP contribution in [0.4, 0.5) is 5.69 Å². The van der Waals surface area contributed by atoms with E-state index in [0.717, 1.165) is 22.1 Å². The van der Waals surface area contributed by atoms with Gasteiger partial charge in [-0.05, 0) is 37.6 Å². The van der Waals surface area contributed by atoms with Crippen LogP contribution in [0.2, 0.25) is 0 Å².